The van der Waals surface area contributed by atoms with Crippen LogP contribution in [-0.4, -0.2) is 0 Å². The van der Waals surface area contributed by atoms with Crippen LogP contribution in [0, 0.1) is 0 Å². The predicted octanol–water partition coefficient (Wildman–Crippen LogP) is 2.76. The highest BCUT2D eigenvalue weighted by Gasteiger charge is 2.14. The molecular weight excluding hydrogens is 207 g/mol. The molecule has 0 saturated heterocycles. The van der Waals surface area contributed by atoms with Crippen molar-refractivity contribution in [3.05, 3.63) is 46.5 Å². The number of hydrogen-bond donors (Lipinski definition) is 2. The molecule has 1 aliphatic heterocycles. The third kappa shape index (κ3) is 2.29. The average Bonchev–Trinajstić information content (AvgIpc) is 2.11. The number of hydrogen-bond acceptors (Lipinski definition) is 2. The van der Waals surface area contributed by atoms with Crippen LogP contribution in [0.25, 0.3) is 0 Å². The molecule has 13 heavy (non-hydrogen) atoms. The molecule has 0 unspecified atom stereocenters. The molecule has 0 spiro atoms. The zero-order chi connectivity index (χ0) is 9.84. The van der Waals surface area contributed by atoms with Crippen molar-refractivity contribution < 1.29 is 0 Å². The first-order valence-electron chi connectivity index (χ1n) is 3.77. The summed E-state index contributed by atoms with van der Waals surface area (Å²) < 4.78 is 0. The van der Waals surface area contributed by atoms with Gasteiger partial charge in [-0.05, 0) is 13.0 Å². The molecular formula is C9H10Cl2N2. The standard InChI is InChI=1S/C9H10Cl2N2/c1-3-5-7-6(4-2)12-8(10)9(11)13-7/h3-5,12-13H,1H2,2H3. The SMILES string of the molecule is C=CC=C1NC(Cl)=C(Cl)NC1=CC. The molecule has 0 fully saturated rings. The van der Waals surface area contributed by atoms with Crippen LogP contribution in [0.1, 0.15) is 6.92 Å². The summed E-state index contributed by atoms with van der Waals surface area (Å²) in [6.45, 7) is 5.51. The first-order valence-corrected chi connectivity index (χ1v) is 4.53. The van der Waals surface area contributed by atoms with E-state index in [0.717, 1.165) is 11.4 Å². The minimum Gasteiger partial charge on any atom is -0.342 e. The van der Waals surface area contributed by atoms with Crippen molar-refractivity contribution in [3.63, 3.8) is 0 Å². The monoisotopic (exact) mass is 216 g/mol. The van der Waals surface area contributed by atoms with Crippen molar-refractivity contribution in [3.8, 4) is 0 Å². The van der Waals surface area contributed by atoms with Crippen molar-refractivity contribution in [2.75, 3.05) is 0 Å². The van der Waals surface area contributed by atoms with Gasteiger partial charge in [-0.15, -0.1) is 0 Å². The van der Waals surface area contributed by atoms with Crippen molar-refractivity contribution in [2.45, 2.75) is 6.92 Å². The third-order valence-corrected chi connectivity index (χ3v) is 2.21. The molecule has 4 heteroatoms. The Morgan fingerprint density at radius 1 is 1.15 bits per heavy atom. The topological polar surface area (TPSA) is 24.1 Å². The largest absolute Gasteiger partial charge is 0.342 e. The van der Waals surface area contributed by atoms with E-state index in [1.165, 1.54) is 0 Å². The van der Waals surface area contributed by atoms with Crippen molar-refractivity contribution in [2.24, 2.45) is 0 Å². The van der Waals surface area contributed by atoms with E-state index in [2.05, 4.69) is 17.2 Å². The summed E-state index contributed by atoms with van der Waals surface area (Å²) in [6.07, 6.45) is 5.39. The Bertz CT molecular complexity index is 314. The second kappa shape index (κ2) is 4.40. The molecule has 0 saturated carbocycles. The van der Waals surface area contributed by atoms with Crippen LogP contribution in [0.4, 0.5) is 0 Å². The summed E-state index contributed by atoms with van der Waals surface area (Å²) in [5, 5.41) is 6.67. The highest BCUT2D eigenvalue weighted by Crippen LogP contribution is 2.20. The summed E-state index contributed by atoms with van der Waals surface area (Å²) in [4.78, 5) is 0. The van der Waals surface area contributed by atoms with Crippen LogP contribution >= 0.6 is 23.2 Å². The van der Waals surface area contributed by atoms with Crippen LogP contribution < -0.4 is 10.6 Å². The van der Waals surface area contributed by atoms with Crippen molar-refractivity contribution in [1.82, 2.24) is 10.6 Å². The van der Waals surface area contributed by atoms with E-state index in [-0.39, 0.29) is 0 Å². The maximum Gasteiger partial charge on any atom is 0.142 e. The fraction of sp³-hybridized carbons (Fsp3) is 0.111. The first-order chi connectivity index (χ1) is 6.19. The second-order valence-electron chi connectivity index (χ2n) is 2.40. The molecule has 70 valence electrons. The molecule has 0 amide bonds. The van der Waals surface area contributed by atoms with Gasteiger partial charge in [0, 0.05) is 0 Å². The number of halogens is 2. The minimum absolute atomic E-state index is 0.389. The van der Waals surface area contributed by atoms with Crippen LogP contribution in [0.5, 0.6) is 0 Å². The van der Waals surface area contributed by atoms with E-state index >= 15 is 0 Å². The normalized spacial score (nSPS) is 23.0. The van der Waals surface area contributed by atoms with Gasteiger partial charge in [0.15, 0.2) is 0 Å². The van der Waals surface area contributed by atoms with E-state index in [1.807, 2.05) is 19.1 Å². The van der Waals surface area contributed by atoms with E-state index in [9.17, 15) is 0 Å². The fourth-order valence-corrected chi connectivity index (χ4v) is 1.26. The van der Waals surface area contributed by atoms with Gasteiger partial charge in [0.2, 0.25) is 0 Å². The van der Waals surface area contributed by atoms with Gasteiger partial charge in [0.05, 0.1) is 11.4 Å². The molecule has 0 aromatic carbocycles. The quantitative estimate of drug-likeness (QED) is 0.660. The molecule has 1 aliphatic rings. The Morgan fingerprint density at radius 3 is 2.15 bits per heavy atom. The lowest BCUT2D eigenvalue weighted by Crippen LogP contribution is -2.28. The van der Waals surface area contributed by atoms with Gasteiger partial charge in [-0.2, -0.15) is 0 Å². The van der Waals surface area contributed by atoms with Crippen LogP contribution in [0.3, 0.4) is 0 Å². The zero-order valence-electron chi connectivity index (χ0n) is 7.20. The summed E-state index contributed by atoms with van der Waals surface area (Å²) in [5.41, 5.74) is 1.74. The molecule has 2 N–H and O–H groups in total. The molecule has 2 nitrogen and oxygen atoms in total. The van der Waals surface area contributed by atoms with Gasteiger partial charge in [-0.25, -0.2) is 0 Å². The smallest absolute Gasteiger partial charge is 0.142 e. The number of allylic oxidation sites excluding steroid dienone is 3. The van der Waals surface area contributed by atoms with Crippen molar-refractivity contribution in [1.29, 1.82) is 0 Å². The lowest BCUT2D eigenvalue weighted by Gasteiger charge is -2.21. The summed E-state index contributed by atoms with van der Waals surface area (Å²) >= 11 is 11.6. The third-order valence-electron chi connectivity index (χ3n) is 1.54. The minimum atomic E-state index is 0.389. The summed E-state index contributed by atoms with van der Waals surface area (Å²) in [5.74, 6) is 0. The Hall–Kier alpha value is -0.860. The van der Waals surface area contributed by atoms with Gasteiger partial charge in [-0.1, -0.05) is 41.9 Å². The molecule has 0 atom stereocenters. The van der Waals surface area contributed by atoms with Crippen LogP contribution in [-0.2, 0) is 0 Å². The van der Waals surface area contributed by atoms with Gasteiger partial charge >= 0.3 is 0 Å². The van der Waals surface area contributed by atoms with E-state index in [1.54, 1.807) is 6.08 Å². The highest BCUT2D eigenvalue weighted by molar-refractivity contribution is 6.39. The Balaban J connectivity index is 3.02. The fourth-order valence-electron chi connectivity index (χ4n) is 0.958. The van der Waals surface area contributed by atoms with E-state index in [4.69, 9.17) is 23.2 Å². The second-order valence-corrected chi connectivity index (χ2v) is 3.15. The lowest BCUT2D eigenvalue weighted by molar-refractivity contribution is 0.880. The van der Waals surface area contributed by atoms with E-state index in [0.29, 0.717) is 10.3 Å². The van der Waals surface area contributed by atoms with Gasteiger partial charge < -0.3 is 10.6 Å². The molecule has 0 aromatic heterocycles. The maximum absolute atomic E-state index is 5.79. The Morgan fingerprint density at radius 2 is 1.69 bits per heavy atom. The van der Waals surface area contributed by atoms with Gasteiger partial charge in [0.25, 0.3) is 0 Å². The highest BCUT2D eigenvalue weighted by atomic mass is 35.5. The number of rotatable bonds is 1. The molecule has 1 rings (SSSR count). The molecule has 0 aromatic rings. The van der Waals surface area contributed by atoms with Crippen LogP contribution in [0.2, 0.25) is 0 Å². The van der Waals surface area contributed by atoms with Gasteiger partial charge in [0.1, 0.15) is 10.3 Å². The molecule has 0 bridgehead atoms. The average molecular weight is 217 g/mol. The zero-order valence-corrected chi connectivity index (χ0v) is 8.71. The van der Waals surface area contributed by atoms with Crippen molar-refractivity contribution >= 4 is 23.2 Å². The molecule has 0 aliphatic carbocycles. The Labute approximate surface area is 87.6 Å². The van der Waals surface area contributed by atoms with Gasteiger partial charge in [-0.3, -0.25) is 0 Å². The van der Waals surface area contributed by atoms with Crippen LogP contribution in [0.15, 0.2) is 46.5 Å². The first kappa shape index (κ1) is 10.2. The Kier molecular flexibility index (Phi) is 3.46. The maximum atomic E-state index is 5.79. The number of nitrogens with one attached hydrogen (secondary N) is 2. The summed E-state index contributed by atoms with van der Waals surface area (Å²) in [6, 6.07) is 0. The van der Waals surface area contributed by atoms with E-state index < -0.39 is 0 Å². The molecule has 0 radical (unpaired) electrons. The summed E-state index contributed by atoms with van der Waals surface area (Å²) in [7, 11) is 0. The molecule has 1 heterocycles. The predicted molar refractivity (Wildman–Crippen MR) is 57.0 cm³/mol. The lowest BCUT2D eigenvalue weighted by atomic mass is 10.2.